The van der Waals surface area contributed by atoms with Crippen LogP contribution in [0.1, 0.15) is 91.9 Å². The van der Waals surface area contributed by atoms with Gasteiger partial charge >= 0.3 is 0 Å². The third-order valence-electron chi connectivity index (χ3n) is 5.22. The summed E-state index contributed by atoms with van der Waals surface area (Å²) in [6.45, 7) is 18.3. The van der Waals surface area contributed by atoms with Crippen molar-refractivity contribution in [2.75, 3.05) is 32.8 Å². The van der Waals surface area contributed by atoms with E-state index in [1.54, 1.807) is 0 Å². The number of hydrogen-bond donors (Lipinski definition) is 0. The number of unbranched alkanes of at least 4 members (excludes halogenated alkanes) is 4. The third kappa shape index (κ3) is 15.2. The Hall–Kier alpha value is 0.427. The summed E-state index contributed by atoms with van der Waals surface area (Å²) in [6, 6.07) is 1.37. The van der Waals surface area contributed by atoms with Gasteiger partial charge in [-0.3, -0.25) is 0 Å². The van der Waals surface area contributed by atoms with E-state index in [2.05, 4.69) is 34.2 Å². The van der Waals surface area contributed by atoms with Gasteiger partial charge in [-0.15, -0.1) is 0 Å². The third-order valence-corrected chi connectivity index (χ3v) is 6.97. The van der Waals surface area contributed by atoms with Crippen LogP contribution in [0.25, 0.3) is 0 Å². The molecule has 1 fully saturated rings. The Bertz CT molecular complexity index is 223. The Balaban J connectivity index is 0. The molecule has 0 aromatic rings. The van der Waals surface area contributed by atoms with Crippen molar-refractivity contribution in [2.45, 2.75) is 104 Å². The van der Waals surface area contributed by atoms with Gasteiger partial charge in [0.05, 0.1) is 26.2 Å². The van der Waals surface area contributed by atoms with Crippen molar-refractivity contribution in [3.8, 4) is 0 Å². The van der Waals surface area contributed by atoms with Gasteiger partial charge in [-0.2, -0.15) is 0 Å². The molecule has 0 aromatic heterocycles. The van der Waals surface area contributed by atoms with Crippen LogP contribution in [0.3, 0.4) is 0 Å². The number of rotatable bonds is 12. The average Bonchev–Trinajstić information content (AvgIpc) is 2.62. The van der Waals surface area contributed by atoms with Gasteiger partial charge in [-0.1, -0.05) is 59.8 Å². The first-order valence-corrected chi connectivity index (χ1v) is 13.1. The first-order valence-electron chi connectivity index (χ1n) is 10.9. The minimum Gasteiger partial charge on any atom is -1.00 e. The first-order chi connectivity index (χ1) is 11.6. The van der Waals surface area contributed by atoms with Crippen molar-refractivity contribution in [2.24, 2.45) is 0 Å². The minimum absolute atomic E-state index is 0. The molecule has 0 aromatic carbocycles. The fourth-order valence-electron chi connectivity index (χ4n) is 3.44. The van der Waals surface area contributed by atoms with Gasteiger partial charge in [0.2, 0.25) is 9.04 Å². The van der Waals surface area contributed by atoms with Gasteiger partial charge in [0, 0.05) is 6.61 Å². The highest BCUT2D eigenvalue weighted by Gasteiger charge is 2.24. The molecule has 0 saturated carbocycles. The molecule has 1 aliphatic heterocycles. The molecular weight excluding hydrogens is 346 g/mol. The second-order valence-electron chi connectivity index (χ2n) is 7.66. The Labute approximate surface area is 167 Å². The standard InChI is InChI=1S/C16H36N.C5H11OSi.ClH/c1-5-9-13-17(14-10-6-2,15-11-7-3)16-12-8-4;1-7-5-3-2-4-6-7;/h5-16H2,1-4H3;2-5H2,1H3;1H/q+1;;/p-1. The molecule has 2 nitrogen and oxygen atoms in total. The summed E-state index contributed by atoms with van der Waals surface area (Å²) < 4.78 is 6.80. The normalized spacial score (nSPS) is 15.2. The highest BCUT2D eigenvalue weighted by atomic mass is 35.5. The van der Waals surface area contributed by atoms with Crippen LogP contribution in [0.2, 0.25) is 12.6 Å². The summed E-state index contributed by atoms with van der Waals surface area (Å²) >= 11 is 0. The maximum absolute atomic E-state index is 5.38. The monoisotopic (exact) mass is 392 g/mol. The van der Waals surface area contributed by atoms with Crippen molar-refractivity contribution in [1.29, 1.82) is 0 Å². The Morgan fingerprint density at radius 2 is 1.12 bits per heavy atom. The van der Waals surface area contributed by atoms with Crippen LogP contribution in [-0.2, 0) is 4.43 Å². The van der Waals surface area contributed by atoms with E-state index in [9.17, 15) is 0 Å². The van der Waals surface area contributed by atoms with E-state index >= 15 is 0 Å². The van der Waals surface area contributed by atoms with Crippen molar-refractivity contribution in [3.05, 3.63) is 0 Å². The second-order valence-corrected chi connectivity index (χ2v) is 9.85. The molecule has 0 bridgehead atoms. The molecule has 0 aliphatic carbocycles. The maximum Gasteiger partial charge on any atom is 0.208 e. The number of nitrogens with zero attached hydrogens (tertiary/aromatic N) is 1. The molecule has 0 atom stereocenters. The Morgan fingerprint density at radius 1 is 0.720 bits per heavy atom. The molecule has 1 heterocycles. The van der Waals surface area contributed by atoms with E-state index in [0.717, 1.165) is 6.61 Å². The molecule has 0 unspecified atom stereocenters. The van der Waals surface area contributed by atoms with E-state index < -0.39 is 0 Å². The fourth-order valence-corrected chi connectivity index (χ4v) is 4.82. The van der Waals surface area contributed by atoms with Crippen molar-refractivity contribution in [1.82, 2.24) is 0 Å². The molecule has 1 rings (SSSR count). The van der Waals surface area contributed by atoms with Crippen molar-refractivity contribution >= 4 is 9.04 Å². The summed E-state index contributed by atoms with van der Waals surface area (Å²) in [7, 11) is -0.293. The average molecular weight is 393 g/mol. The van der Waals surface area contributed by atoms with Gasteiger partial charge in [0.25, 0.3) is 0 Å². The van der Waals surface area contributed by atoms with E-state index in [-0.39, 0.29) is 21.4 Å². The zero-order valence-electron chi connectivity index (χ0n) is 18.0. The highest BCUT2D eigenvalue weighted by Crippen LogP contribution is 2.16. The summed E-state index contributed by atoms with van der Waals surface area (Å²) in [5.41, 5.74) is 0. The molecular formula is C21H47ClNOSi. The molecule has 1 radical (unpaired) electrons. The van der Waals surface area contributed by atoms with Gasteiger partial charge in [-0.25, -0.2) is 0 Å². The number of halogens is 1. The van der Waals surface area contributed by atoms with Crippen LogP contribution in [0.4, 0.5) is 0 Å². The molecule has 25 heavy (non-hydrogen) atoms. The van der Waals surface area contributed by atoms with E-state index in [1.807, 2.05) is 0 Å². The lowest BCUT2D eigenvalue weighted by Crippen LogP contribution is -3.00. The Kier molecular flexibility index (Phi) is 21.2. The lowest BCUT2D eigenvalue weighted by molar-refractivity contribution is -0.929. The molecule has 4 heteroatoms. The van der Waals surface area contributed by atoms with Gasteiger partial charge in [0.1, 0.15) is 0 Å². The summed E-state index contributed by atoms with van der Waals surface area (Å²) in [6.07, 6.45) is 13.8. The molecule has 153 valence electrons. The Morgan fingerprint density at radius 3 is 1.32 bits per heavy atom. The van der Waals surface area contributed by atoms with Crippen molar-refractivity contribution in [3.63, 3.8) is 0 Å². The molecule has 1 aliphatic rings. The zero-order chi connectivity index (χ0) is 18.1. The quantitative estimate of drug-likeness (QED) is 0.365. The summed E-state index contributed by atoms with van der Waals surface area (Å²) in [4.78, 5) is 0. The predicted molar refractivity (Wildman–Crippen MR) is 111 cm³/mol. The first kappa shape index (κ1) is 27.6. The minimum atomic E-state index is -0.293. The predicted octanol–water partition coefficient (Wildman–Crippen LogP) is 3.43. The van der Waals surface area contributed by atoms with Crippen LogP contribution in [0, 0.1) is 0 Å². The van der Waals surface area contributed by atoms with E-state index in [0.29, 0.717) is 0 Å². The highest BCUT2D eigenvalue weighted by molar-refractivity contribution is 6.50. The zero-order valence-corrected chi connectivity index (χ0v) is 19.8. The molecule has 1 saturated heterocycles. The SMILES string of the molecule is CCCC[N+](CCCC)(CCCC)CCCC.C[Si]1CCCCO1.[Cl-]. The van der Waals surface area contributed by atoms with Crippen molar-refractivity contribution < 1.29 is 21.3 Å². The largest absolute Gasteiger partial charge is 1.00 e. The molecule has 0 N–H and O–H groups in total. The topological polar surface area (TPSA) is 9.23 Å². The van der Waals surface area contributed by atoms with Gasteiger partial charge in [-0.05, 0) is 44.7 Å². The lowest BCUT2D eigenvalue weighted by Gasteiger charge is -2.39. The number of quaternary nitrogens is 1. The molecule has 0 amide bonds. The molecule has 0 spiro atoms. The summed E-state index contributed by atoms with van der Waals surface area (Å²) in [5.74, 6) is 0. The van der Waals surface area contributed by atoms with E-state index in [1.165, 1.54) is 101 Å². The van der Waals surface area contributed by atoms with Gasteiger partial charge < -0.3 is 21.3 Å². The number of hydrogen-bond acceptors (Lipinski definition) is 1. The fraction of sp³-hybridized carbons (Fsp3) is 1.00. The van der Waals surface area contributed by atoms with Gasteiger partial charge in [0.15, 0.2) is 0 Å². The smallest absolute Gasteiger partial charge is 0.208 e. The lowest BCUT2D eigenvalue weighted by atomic mass is 10.1. The van der Waals surface area contributed by atoms with Crippen LogP contribution in [0.15, 0.2) is 0 Å². The van der Waals surface area contributed by atoms with Crippen LogP contribution < -0.4 is 12.4 Å². The van der Waals surface area contributed by atoms with Crippen LogP contribution in [-0.4, -0.2) is 46.3 Å². The second kappa shape index (κ2) is 19.2. The maximum atomic E-state index is 5.38. The van der Waals surface area contributed by atoms with E-state index in [4.69, 9.17) is 4.43 Å². The van der Waals surface area contributed by atoms with Crippen LogP contribution in [0.5, 0.6) is 0 Å². The van der Waals surface area contributed by atoms with Crippen LogP contribution >= 0.6 is 0 Å². The summed E-state index contributed by atoms with van der Waals surface area (Å²) in [5, 5.41) is 0.